The van der Waals surface area contributed by atoms with Crippen molar-refractivity contribution in [3.05, 3.63) is 30.4 Å². The molecule has 0 bridgehead atoms. The lowest BCUT2D eigenvalue weighted by molar-refractivity contribution is 0.714. The summed E-state index contributed by atoms with van der Waals surface area (Å²) in [7, 11) is 0. The van der Waals surface area contributed by atoms with Crippen LogP contribution in [0.3, 0.4) is 0 Å². The summed E-state index contributed by atoms with van der Waals surface area (Å²) in [4.78, 5) is 11.0. The number of aromatic amines is 2. The van der Waals surface area contributed by atoms with E-state index in [1.54, 1.807) is 0 Å². The average molecular weight is 202 g/mol. The highest BCUT2D eigenvalue weighted by molar-refractivity contribution is 5.53. The van der Waals surface area contributed by atoms with Crippen molar-refractivity contribution < 1.29 is 0 Å². The van der Waals surface area contributed by atoms with Gasteiger partial charge in [-0.1, -0.05) is 0 Å². The van der Waals surface area contributed by atoms with Crippen molar-refractivity contribution in [2.24, 2.45) is 0 Å². The van der Waals surface area contributed by atoms with Gasteiger partial charge in [0.2, 0.25) is 0 Å². The van der Waals surface area contributed by atoms with Crippen LogP contribution < -0.4 is 5.32 Å². The minimum atomic E-state index is 0.550. The van der Waals surface area contributed by atoms with Crippen LogP contribution in [0.15, 0.2) is 24.5 Å². The maximum atomic E-state index is 4.44. The summed E-state index contributed by atoms with van der Waals surface area (Å²) in [5, 5.41) is 3.35. The molecule has 2 aromatic rings. The van der Waals surface area contributed by atoms with E-state index in [4.69, 9.17) is 0 Å². The van der Waals surface area contributed by atoms with Gasteiger partial charge in [0, 0.05) is 18.7 Å². The zero-order valence-electron chi connectivity index (χ0n) is 8.46. The molecule has 2 aromatic heterocycles. The summed E-state index contributed by atoms with van der Waals surface area (Å²) in [5.74, 6) is 1.65. The monoisotopic (exact) mass is 202 g/mol. The molecule has 0 aromatic carbocycles. The zero-order chi connectivity index (χ0) is 10.1. The first kappa shape index (κ1) is 8.73. The lowest BCUT2D eigenvalue weighted by Gasteiger charge is -2.02. The van der Waals surface area contributed by atoms with Crippen molar-refractivity contribution in [2.75, 3.05) is 13.1 Å². The lowest BCUT2D eigenvalue weighted by Crippen LogP contribution is -2.08. The van der Waals surface area contributed by atoms with Crippen LogP contribution in [0.5, 0.6) is 0 Å². The van der Waals surface area contributed by atoms with Crippen molar-refractivity contribution in [3.63, 3.8) is 0 Å². The minimum Gasteiger partial charge on any atom is -0.360 e. The third-order valence-corrected chi connectivity index (χ3v) is 2.93. The van der Waals surface area contributed by atoms with Gasteiger partial charge >= 0.3 is 0 Å². The molecule has 1 atom stereocenters. The quantitative estimate of drug-likeness (QED) is 0.691. The zero-order valence-corrected chi connectivity index (χ0v) is 8.46. The van der Waals surface area contributed by atoms with Crippen molar-refractivity contribution in [3.8, 4) is 11.4 Å². The molecule has 0 saturated carbocycles. The van der Waals surface area contributed by atoms with Crippen LogP contribution in [-0.2, 0) is 0 Å². The number of aromatic nitrogens is 3. The van der Waals surface area contributed by atoms with Gasteiger partial charge in [-0.2, -0.15) is 0 Å². The van der Waals surface area contributed by atoms with Gasteiger partial charge in [-0.25, -0.2) is 4.98 Å². The average Bonchev–Trinajstić information content (AvgIpc) is 3.02. The van der Waals surface area contributed by atoms with Crippen LogP contribution in [-0.4, -0.2) is 28.0 Å². The van der Waals surface area contributed by atoms with Crippen LogP contribution in [0.2, 0.25) is 0 Å². The Kier molecular flexibility index (Phi) is 2.07. The van der Waals surface area contributed by atoms with Crippen LogP contribution in [0.1, 0.15) is 18.2 Å². The molecule has 3 N–H and O–H groups in total. The fraction of sp³-hybridized carbons (Fsp3) is 0.364. The summed E-state index contributed by atoms with van der Waals surface area (Å²) in [5.41, 5.74) is 2.17. The van der Waals surface area contributed by atoms with Gasteiger partial charge in [0.15, 0.2) is 0 Å². The number of nitrogens with zero attached hydrogens (tertiary/aromatic N) is 1. The molecule has 0 radical (unpaired) electrons. The third kappa shape index (κ3) is 1.57. The predicted molar refractivity (Wildman–Crippen MR) is 58.6 cm³/mol. The molecular formula is C11H14N4. The van der Waals surface area contributed by atoms with Crippen LogP contribution in [0, 0.1) is 0 Å². The van der Waals surface area contributed by atoms with E-state index >= 15 is 0 Å². The van der Waals surface area contributed by atoms with Gasteiger partial charge in [0.05, 0.1) is 17.6 Å². The maximum absolute atomic E-state index is 4.44. The summed E-state index contributed by atoms with van der Waals surface area (Å²) in [6, 6.07) is 4.04. The Balaban J connectivity index is 1.87. The summed E-state index contributed by atoms with van der Waals surface area (Å²) in [6.45, 7) is 2.14. The van der Waals surface area contributed by atoms with Crippen LogP contribution >= 0.6 is 0 Å². The highest BCUT2D eigenvalue weighted by Crippen LogP contribution is 2.22. The molecular weight excluding hydrogens is 188 g/mol. The van der Waals surface area contributed by atoms with E-state index in [0.717, 1.165) is 30.3 Å². The fourth-order valence-electron chi connectivity index (χ4n) is 2.07. The standard InChI is InChI=1S/C11H14N4/c1-2-9(13-4-1)10-7-14-11(15-10)8-3-5-12-6-8/h1-2,4,7-8,12-13H,3,5-6H2,(H,14,15). The first-order chi connectivity index (χ1) is 7.43. The minimum absolute atomic E-state index is 0.550. The van der Waals surface area contributed by atoms with Crippen molar-refractivity contribution in [2.45, 2.75) is 12.3 Å². The molecule has 3 rings (SSSR count). The van der Waals surface area contributed by atoms with E-state index in [1.807, 2.05) is 24.5 Å². The van der Waals surface area contributed by atoms with Crippen molar-refractivity contribution in [1.82, 2.24) is 20.3 Å². The van der Waals surface area contributed by atoms with Gasteiger partial charge in [-0.15, -0.1) is 0 Å². The van der Waals surface area contributed by atoms with E-state index in [0.29, 0.717) is 5.92 Å². The molecule has 1 fully saturated rings. The second-order valence-electron chi connectivity index (χ2n) is 3.96. The van der Waals surface area contributed by atoms with Gasteiger partial charge < -0.3 is 15.3 Å². The Labute approximate surface area is 88.1 Å². The molecule has 15 heavy (non-hydrogen) atoms. The normalized spacial score (nSPS) is 20.9. The van der Waals surface area contributed by atoms with Crippen LogP contribution in [0.25, 0.3) is 11.4 Å². The largest absolute Gasteiger partial charge is 0.360 e. The molecule has 1 aliphatic heterocycles. The molecule has 1 saturated heterocycles. The highest BCUT2D eigenvalue weighted by atomic mass is 15.0. The van der Waals surface area contributed by atoms with Crippen molar-refractivity contribution in [1.29, 1.82) is 0 Å². The Morgan fingerprint density at radius 2 is 2.33 bits per heavy atom. The molecule has 78 valence electrons. The Hall–Kier alpha value is -1.55. The number of hydrogen-bond donors (Lipinski definition) is 3. The Bertz CT molecular complexity index is 423. The number of H-pyrrole nitrogens is 2. The van der Waals surface area contributed by atoms with Gasteiger partial charge in [0.1, 0.15) is 5.82 Å². The number of rotatable bonds is 2. The second-order valence-corrected chi connectivity index (χ2v) is 3.96. The smallest absolute Gasteiger partial charge is 0.110 e. The first-order valence-corrected chi connectivity index (χ1v) is 5.33. The summed E-state index contributed by atoms with van der Waals surface area (Å²) < 4.78 is 0. The summed E-state index contributed by atoms with van der Waals surface area (Å²) in [6.07, 6.45) is 5.00. The number of imidazole rings is 1. The van der Waals surface area contributed by atoms with E-state index < -0.39 is 0 Å². The second kappa shape index (κ2) is 3.55. The maximum Gasteiger partial charge on any atom is 0.110 e. The van der Waals surface area contributed by atoms with Gasteiger partial charge in [-0.3, -0.25) is 0 Å². The summed E-state index contributed by atoms with van der Waals surface area (Å²) >= 11 is 0. The predicted octanol–water partition coefficient (Wildman–Crippen LogP) is 1.48. The number of hydrogen-bond acceptors (Lipinski definition) is 2. The van der Waals surface area contributed by atoms with E-state index in [9.17, 15) is 0 Å². The molecule has 0 aliphatic carbocycles. The Morgan fingerprint density at radius 3 is 3.07 bits per heavy atom. The Morgan fingerprint density at radius 1 is 1.33 bits per heavy atom. The molecule has 1 unspecified atom stereocenters. The van der Waals surface area contributed by atoms with Gasteiger partial charge in [0.25, 0.3) is 0 Å². The number of nitrogens with one attached hydrogen (secondary N) is 3. The van der Waals surface area contributed by atoms with E-state index in [2.05, 4.69) is 20.3 Å². The van der Waals surface area contributed by atoms with E-state index in [-0.39, 0.29) is 0 Å². The molecule has 1 aliphatic rings. The van der Waals surface area contributed by atoms with Crippen LogP contribution in [0.4, 0.5) is 0 Å². The molecule has 4 heteroatoms. The van der Waals surface area contributed by atoms with E-state index in [1.165, 1.54) is 6.42 Å². The molecule has 0 amide bonds. The lowest BCUT2D eigenvalue weighted by atomic mass is 10.1. The molecule has 3 heterocycles. The highest BCUT2D eigenvalue weighted by Gasteiger charge is 2.19. The topological polar surface area (TPSA) is 56.5 Å². The third-order valence-electron chi connectivity index (χ3n) is 2.93. The van der Waals surface area contributed by atoms with Gasteiger partial charge in [-0.05, 0) is 25.1 Å². The SMILES string of the molecule is c1c[nH]c(-c2cnc(C3CCNC3)[nH]2)c1. The first-order valence-electron chi connectivity index (χ1n) is 5.33. The fourth-order valence-corrected chi connectivity index (χ4v) is 2.07. The van der Waals surface area contributed by atoms with Crippen molar-refractivity contribution >= 4 is 0 Å². The molecule has 0 spiro atoms. The molecule has 4 nitrogen and oxygen atoms in total.